The van der Waals surface area contributed by atoms with Crippen molar-refractivity contribution in [3.8, 4) is 0 Å². The highest BCUT2D eigenvalue weighted by Crippen LogP contribution is 2.20. The van der Waals surface area contributed by atoms with Gasteiger partial charge in [-0.15, -0.1) is 0 Å². The zero-order valence-corrected chi connectivity index (χ0v) is 13.1. The summed E-state index contributed by atoms with van der Waals surface area (Å²) in [6.45, 7) is 5.34. The van der Waals surface area contributed by atoms with E-state index in [0.717, 1.165) is 18.7 Å². The number of aryl methyl sites for hydroxylation is 1. The molecule has 122 valence electrons. The molecule has 0 aromatic carbocycles. The number of aromatic nitrogens is 2. The maximum absolute atomic E-state index is 12.3. The van der Waals surface area contributed by atoms with E-state index in [2.05, 4.69) is 20.4 Å². The summed E-state index contributed by atoms with van der Waals surface area (Å²) in [7, 11) is 0. The van der Waals surface area contributed by atoms with Crippen LogP contribution in [-0.4, -0.2) is 53.8 Å². The maximum atomic E-state index is 12.3. The molecule has 1 atom stereocenters. The van der Waals surface area contributed by atoms with Gasteiger partial charge in [-0.1, -0.05) is 5.16 Å². The van der Waals surface area contributed by atoms with Gasteiger partial charge in [-0.2, -0.15) is 0 Å². The Kier molecular flexibility index (Phi) is 4.99. The summed E-state index contributed by atoms with van der Waals surface area (Å²) in [5.74, 6) is 0.352. The average molecular weight is 316 g/mol. The first-order valence-electron chi connectivity index (χ1n) is 7.67. The van der Waals surface area contributed by atoms with E-state index in [-0.39, 0.29) is 11.9 Å². The summed E-state index contributed by atoms with van der Waals surface area (Å²) >= 11 is 0. The summed E-state index contributed by atoms with van der Waals surface area (Å²) in [4.78, 5) is 18.7. The summed E-state index contributed by atoms with van der Waals surface area (Å²) < 4.78 is 10.4. The molecular weight excluding hydrogens is 296 g/mol. The van der Waals surface area contributed by atoms with Crippen LogP contribution in [0.15, 0.2) is 35.2 Å². The lowest BCUT2D eigenvalue weighted by atomic mass is 10.1. The highest BCUT2D eigenvalue weighted by Gasteiger charge is 2.24. The maximum Gasteiger partial charge on any atom is 0.256 e. The Hall–Kier alpha value is -2.25. The molecule has 0 spiro atoms. The van der Waals surface area contributed by atoms with Gasteiger partial charge in [0, 0.05) is 32.0 Å². The third-order valence-corrected chi connectivity index (χ3v) is 4.03. The fourth-order valence-corrected chi connectivity index (χ4v) is 2.73. The molecule has 2 aromatic heterocycles. The van der Waals surface area contributed by atoms with Crippen molar-refractivity contribution in [2.24, 2.45) is 0 Å². The van der Waals surface area contributed by atoms with Gasteiger partial charge < -0.3 is 14.6 Å². The first-order chi connectivity index (χ1) is 11.3. The molecule has 1 saturated heterocycles. The number of hydrogen-bond donors (Lipinski definition) is 1. The molecule has 0 aliphatic carbocycles. The summed E-state index contributed by atoms with van der Waals surface area (Å²) in [5, 5.41) is 6.63. The van der Waals surface area contributed by atoms with Crippen LogP contribution in [0.4, 0.5) is 0 Å². The minimum absolute atomic E-state index is 0.0889. The van der Waals surface area contributed by atoms with Crippen LogP contribution in [0.25, 0.3) is 0 Å². The van der Waals surface area contributed by atoms with Gasteiger partial charge in [0.2, 0.25) is 0 Å². The second-order valence-corrected chi connectivity index (χ2v) is 5.45. The molecule has 0 radical (unpaired) electrons. The number of carbonyl (C=O) groups excluding carboxylic acids is 1. The number of carbonyl (C=O) groups is 1. The number of pyridine rings is 1. The second-order valence-electron chi connectivity index (χ2n) is 5.45. The predicted octanol–water partition coefficient (Wildman–Crippen LogP) is 1.18. The van der Waals surface area contributed by atoms with Crippen molar-refractivity contribution in [3.63, 3.8) is 0 Å². The molecule has 1 amide bonds. The Morgan fingerprint density at radius 3 is 2.74 bits per heavy atom. The van der Waals surface area contributed by atoms with Crippen LogP contribution < -0.4 is 5.32 Å². The quantitative estimate of drug-likeness (QED) is 0.892. The lowest BCUT2D eigenvalue weighted by Gasteiger charge is -2.34. The minimum Gasteiger partial charge on any atom is -0.379 e. The van der Waals surface area contributed by atoms with E-state index in [4.69, 9.17) is 9.26 Å². The number of nitrogens with one attached hydrogen (secondary N) is 1. The average Bonchev–Trinajstić information content (AvgIpc) is 3.03. The van der Waals surface area contributed by atoms with Crippen molar-refractivity contribution in [1.82, 2.24) is 20.4 Å². The van der Waals surface area contributed by atoms with Crippen molar-refractivity contribution in [3.05, 3.63) is 47.6 Å². The van der Waals surface area contributed by atoms with Crippen LogP contribution in [0.2, 0.25) is 0 Å². The van der Waals surface area contributed by atoms with E-state index in [1.54, 1.807) is 19.3 Å². The van der Waals surface area contributed by atoms with Gasteiger partial charge in [-0.05, 0) is 24.6 Å². The van der Waals surface area contributed by atoms with Gasteiger partial charge in [-0.3, -0.25) is 14.7 Å². The molecule has 1 aliphatic rings. The Bertz CT molecular complexity index is 638. The van der Waals surface area contributed by atoms with E-state index in [1.165, 1.54) is 6.20 Å². The van der Waals surface area contributed by atoms with Gasteiger partial charge in [0.15, 0.2) is 0 Å². The Balaban J connectivity index is 1.71. The third-order valence-electron chi connectivity index (χ3n) is 4.03. The molecule has 1 N–H and O–H groups in total. The summed E-state index contributed by atoms with van der Waals surface area (Å²) in [6.07, 6.45) is 4.99. The van der Waals surface area contributed by atoms with Crippen LogP contribution in [0.3, 0.4) is 0 Å². The second kappa shape index (κ2) is 7.34. The van der Waals surface area contributed by atoms with Crippen LogP contribution in [0.5, 0.6) is 0 Å². The van der Waals surface area contributed by atoms with E-state index >= 15 is 0 Å². The van der Waals surface area contributed by atoms with Crippen LogP contribution in [0, 0.1) is 6.92 Å². The number of hydrogen-bond acceptors (Lipinski definition) is 6. The molecule has 0 bridgehead atoms. The van der Waals surface area contributed by atoms with Gasteiger partial charge in [0.1, 0.15) is 11.3 Å². The molecule has 2 aromatic rings. The molecular formula is C16H20N4O3. The fourth-order valence-electron chi connectivity index (χ4n) is 2.73. The van der Waals surface area contributed by atoms with Gasteiger partial charge in [0.25, 0.3) is 5.91 Å². The van der Waals surface area contributed by atoms with Crippen molar-refractivity contribution in [1.29, 1.82) is 0 Å². The van der Waals surface area contributed by atoms with Gasteiger partial charge in [0.05, 0.1) is 25.5 Å². The van der Waals surface area contributed by atoms with Crippen LogP contribution in [-0.2, 0) is 4.74 Å². The number of nitrogens with zero attached hydrogens (tertiary/aromatic N) is 3. The van der Waals surface area contributed by atoms with Crippen molar-refractivity contribution in [2.75, 3.05) is 32.8 Å². The highest BCUT2D eigenvalue weighted by atomic mass is 16.5. The van der Waals surface area contributed by atoms with Gasteiger partial charge in [-0.25, -0.2) is 0 Å². The topological polar surface area (TPSA) is 80.5 Å². The van der Waals surface area contributed by atoms with Crippen LogP contribution in [0.1, 0.15) is 27.7 Å². The zero-order valence-electron chi connectivity index (χ0n) is 13.1. The third kappa shape index (κ3) is 3.75. The number of rotatable bonds is 5. The smallest absolute Gasteiger partial charge is 0.256 e. The molecule has 3 heterocycles. The molecule has 7 heteroatoms. The van der Waals surface area contributed by atoms with E-state index in [9.17, 15) is 4.79 Å². The number of morpholine rings is 1. The van der Waals surface area contributed by atoms with E-state index < -0.39 is 0 Å². The normalized spacial score (nSPS) is 16.9. The minimum atomic E-state index is -0.170. The highest BCUT2D eigenvalue weighted by molar-refractivity contribution is 5.94. The SMILES string of the molecule is Cc1oncc1C(=O)NCC(c1ccncc1)N1CCOCC1. The molecule has 3 rings (SSSR count). The largest absolute Gasteiger partial charge is 0.379 e. The monoisotopic (exact) mass is 316 g/mol. The van der Waals surface area contributed by atoms with Crippen molar-refractivity contribution >= 4 is 5.91 Å². The number of ether oxygens (including phenoxy) is 1. The Morgan fingerprint density at radius 1 is 1.35 bits per heavy atom. The lowest BCUT2D eigenvalue weighted by Crippen LogP contribution is -2.43. The van der Waals surface area contributed by atoms with Crippen molar-refractivity contribution in [2.45, 2.75) is 13.0 Å². The Morgan fingerprint density at radius 2 is 2.09 bits per heavy atom. The van der Waals surface area contributed by atoms with E-state index in [0.29, 0.717) is 31.1 Å². The standard InChI is InChI=1S/C16H20N4O3/c1-12-14(10-19-23-12)16(21)18-11-15(13-2-4-17-5-3-13)20-6-8-22-9-7-20/h2-5,10,15H,6-9,11H2,1H3,(H,18,21). The van der Waals surface area contributed by atoms with Crippen LogP contribution >= 0.6 is 0 Å². The molecule has 1 unspecified atom stereocenters. The lowest BCUT2D eigenvalue weighted by molar-refractivity contribution is 0.0162. The van der Waals surface area contributed by atoms with Gasteiger partial charge >= 0.3 is 0 Å². The zero-order chi connectivity index (χ0) is 16.1. The van der Waals surface area contributed by atoms with Crippen molar-refractivity contribution < 1.29 is 14.1 Å². The number of amides is 1. The predicted molar refractivity (Wildman–Crippen MR) is 82.9 cm³/mol. The molecule has 23 heavy (non-hydrogen) atoms. The summed E-state index contributed by atoms with van der Waals surface area (Å²) in [5.41, 5.74) is 1.60. The first kappa shape index (κ1) is 15.6. The molecule has 1 fully saturated rings. The molecule has 7 nitrogen and oxygen atoms in total. The molecule has 0 saturated carbocycles. The summed E-state index contributed by atoms with van der Waals surface area (Å²) in [6, 6.07) is 4.06. The molecule has 1 aliphatic heterocycles. The fraction of sp³-hybridized carbons (Fsp3) is 0.438. The first-order valence-corrected chi connectivity index (χ1v) is 7.67. The van der Waals surface area contributed by atoms with E-state index in [1.807, 2.05) is 12.1 Å². The Labute approximate surface area is 134 Å².